The Labute approximate surface area is 109 Å². The fraction of sp³-hybridized carbons (Fsp3) is 0.667. The molecule has 5 nitrogen and oxygen atoms in total. The Morgan fingerprint density at radius 3 is 2.76 bits per heavy atom. The van der Waals surface area contributed by atoms with Crippen LogP contribution < -0.4 is 0 Å². The summed E-state index contributed by atoms with van der Waals surface area (Å²) in [6, 6.07) is 0. The van der Waals surface area contributed by atoms with Crippen molar-refractivity contribution < 1.29 is 13.2 Å². The van der Waals surface area contributed by atoms with Crippen molar-refractivity contribution in [2.24, 2.45) is 0 Å². The fourth-order valence-corrected chi connectivity index (χ4v) is 5.18. The van der Waals surface area contributed by atoms with Gasteiger partial charge in [-0.05, 0) is 13.3 Å². The molecule has 0 amide bonds. The van der Waals surface area contributed by atoms with E-state index in [1.54, 1.807) is 14.0 Å². The summed E-state index contributed by atoms with van der Waals surface area (Å²) >= 11 is 6.73. The molecule has 96 valence electrons. The predicted octanol–water partition coefficient (Wildman–Crippen LogP) is 1.51. The van der Waals surface area contributed by atoms with Gasteiger partial charge in [-0.1, -0.05) is 22.9 Å². The number of thiazole rings is 1. The van der Waals surface area contributed by atoms with Crippen LogP contribution in [0.3, 0.4) is 0 Å². The zero-order chi connectivity index (χ0) is 12.6. The lowest BCUT2D eigenvalue weighted by atomic mass is 10.3. The molecule has 0 N–H and O–H groups in total. The standard InChI is InChI=1S/C9H13ClN2O3S2/c1-6-8(16-9(10)11-6)17(13,14)12-4-3-7(5-12)15-2/h7H,3-5H2,1-2H3. The highest BCUT2D eigenvalue weighted by molar-refractivity contribution is 7.91. The highest BCUT2D eigenvalue weighted by atomic mass is 35.5. The third-order valence-electron chi connectivity index (χ3n) is 2.74. The highest BCUT2D eigenvalue weighted by Crippen LogP contribution is 2.31. The summed E-state index contributed by atoms with van der Waals surface area (Å²) in [4.78, 5) is 3.93. The lowest BCUT2D eigenvalue weighted by Crippen LogP contribution is -2.30. The molecule has 2 rings (SSSR count). The van der Waals surface area contributed by atoms with E-state index in [0.29, 0.717) is 18.8 Å². The van der Waals surface area contributed by atoms with Gasteiger partial charge in [-0.25, -0.2) is 13.4 Å². The van der Waals surface area contributed by atoms with Crippen LogP contribution in [0.5, 0.6) is 0 Å². The number of nitrogens with zero attached hydrogens (tertiary/aromatic N) is 2. The molecule has 0 spiro atoms. The molecule has 1 aromatic rings. The number of sulfonamides is 1. The Hall–Kier alpha value is -0.210. The number of aromatic nitrogens is 1. The fourth-order valence-electron chi connectivity index (χ4n) is 1.82. The maximum Gasteiger partial charge on any atom is 0.254 e. The van der Waals surface area contributed by atoms with Gasteiger partial charge in [0, 0.05) is 20.2 Å². The average Bonchev–Trinajstić information content (AvgIpc) is 2.85. The number of aryl methyl sites for hydroxylation is 1. The number of halogens is 1. The minimum Gasteiger partial charge on any atom is -0.380 e. The zero-order valence-corrected chi connectivity index (χ0v) is 11.9. The van der Waals surface area contributed by atoms with E-state index in [1.165, 1.54) is 4.31 Å². The van der Waals surface area contributed by atoms with Crippen molar-refractivity contribution >= 4 is 33.0 Å². The maximum absolute atomic E-state index is 12.3. The van der Waals surface area contributed by atoms with Crippen LogP contribution >= 0.6 is 22.9 Å². The molecule has 1 fully saturated rings. The van der Waals surface area contributed by atoms with Crippen molar-refractivity contribution in [1.82, 2.24) is 9.29 Å². The Morgan fingerprint density at radius 2 is 2.29 bits per heavy atom. The van der Waals surface area contributed by atoms with E-state index in [4.69, 9.17) is 16.3 Å². The summed E-state index contributed by atoms with van der Waals surface area (Å²) in [5.41, 5.74) is 0.459. The minimum absolute atomic E-state index is 0.0199. The minimum atomic E-state index is -3.47. The number of rotatable bonds is 3. The lowest BCUT2D eigenvalue weighted by molar-refractivity contribution is 0.115. The van der Waals surface area contributed by atoms with Crippen LogP contribution in [0.25, 0.3) is 0 Å². The first-order valence-corrected chi connectivity index (χ1v) is 7.74. The van der Waals surface area contributed by atoms with Crippen LogP contribution in [-0.4, -0.2) is 44.0 Å². The van der Waals surface area contributed by atoms with E-state index in [2.05, 4.69) is 4.98 Å². The van der Waals surface area contributed by atoms with Gasteiger partial charge in [0.05, 0.1) is 11.8 Å². The molecule has 0 aromatic carbocycles. The quantitative estimate of drug-likeness (QED) is 0.848. The molecule has 1 aliphatic rings. The summed E-state index contributed by atoms with van der Waals surface area (Å²) in [6.45, 7) is 2.53. The summed E-state index contributed by atoms with van der Waals surface area (Å²) in [7, 11) is -1.87. The Morgan fingerprint density at radius 1 is 1.59 bits per heavy atom. The third kappa shape index (κ3) is 2.48. The average molecular weight is 297 g/mol. The summed E-state index contributed by atoms with van der Waals surface area (Å²) in [6.07, 6.45) is 0.704. The Balaban J connectivity index is 2.28. The third-order valence-corrected chi connectivity index (χ3v) is 6.46. The van der Waals surface area contributed by atoms with Gasteiger partial charge < -0.3 is 4.74 Å². The van der Waals surface area contributed by atoms with E-state index in [9.17, 15) is 8.42 Å². The molecular formula is C9H13ClN2O3S2. The van der Waals surface area contributed by atoms with Crippen molar-refractivity contribution in [1.29, 1.82) is 0 Å². The molecule has 1 atom stereocenters. The molecular weight excluding hydrogens is 284 g/mol. The van der Waals surface area contributed by atoms with Crippen LogP contribution in [0.15, 0.2) is 4.21 Å². The molecule has 0 bridgehead atoms. The van der Waals surface area contributed by atoms with E-state index in [1.807, 2.05) is 0 Å². The first kappa shape index (κ1) is 13.2. The van der Waals surface area contributed by atoms with Crippen LogP contribution in [0.4, 0.5) is 0 Å². The second-order valence-electron chi connectivity index (χ2n) is 3.85. The molecule has 17 heavy (non-hydrogen) atoms. The molecule has 1 aromatic heterocycles. The second-order valence-corrected chi connectivity index (χ2v) is 7.56. The summed E-state index contributed by atoms with van der Waals surface area (Å²) < 4.78 is 31.7. The van der Waals surface area contributed by atoms with Crippen LogP contribution in [-0.2, 0) is 14.8 Å². The van der Waals surface area contributed by atoms with Gasteiger partial charge in [-0.15, -0.1) is 0 Å². The number of hydrogen-bond donors (Lipinski definition) is 0. The molecule has 1 aliphatic heterocycles. The predicted molar refractivity (Wildman–Crippen MR) is 66.0 cm³/mol. The van der Waals surface area contributed by atoms with Gasteiger partial charge >= 0.3 is 0 Å². The normalized spacial score (nSPS) is 22.2. The van der Waals surface area contributed by atoms with E-state index >= 15 is 0 Å². The lowest BCUT2D eigenvalue weighted by Gasteiger charge is -2.15. The van der Waals surface area contributed by atoms with E-state index in [-0.39, 0.29) is 14.8 Å². The van der Waals surface area contributed by atoms with Crippen molar-refractivity contribution in [3.63, 3.8) is 0 Å². The molecule has 0 radical (unpaired) electrons. The monoisotopic (exact) mass is 296 g/mol. The van der Waals surface area contributed by atoms with Crippen molar-refractivity contribution in [2.75, 3.05) is 20.2 Å². The topological polar surface area (TPSA) is 59.5 Å². The van der Waals surface area contributed by atoms with Crippen molar-refractivity contribution in [2.45, 2.75) is 23.7 Å². The molecule has 0 aliphatic carbocycles. The maximum atomic E-state index is 12.3. The number of ether oxygens (including phenoxy) is 1. The van der Waals surface area contributed by atoms with Crippen LogP contribution in [0.1, 0.15) is 12.1 Å². The zero-order valence-electron chi connectivity index (χ0n) is 9.51. The SMILES string of the molecule is COC1CCN(S(=O)(=O)c2sc(Cl)nc2C)C1. The largest absolute Gasteiger partial charge is 0.380 e. The van der Waals surface area contributed by atoms with E-state index in [0.717, 1.165) is 17.8 Å². The van der Waals surface area contributed by atoms with Crippen LogP contribution in [0.2, 0.25) is 4.47 Å². The molecule has 0 saturated carbocycles. The Bertz CT molecular complexity index is 514. The smallest absolute Gasteiger partial charge is 0.254 e. The van der Waals surface area contributed by atoms with Gasteiger partial charge in [0.2, 0.25) is 0 Å². The summed E-state index contributed by atoms with van der Waals surface area (Å²) in [5, 5.41) is 0. The molecule has 1 unspecified atom stereocenters. The Kier molecular flexibility index (Phi) is 3.74. The van der Waals surface area contributed by atoms with Gasteiger partial charge in [-0.3, -0.25) is 0 Å². The first-order chi connectivity index (χ1) is 7.95. The number of methoxy groups -OCH3 is 1. The van der Waals surface area contributed by atoms with Crippen LogP contribution in [0, 0.1) is 6.92 Å². The molecule has 1 saturated heterocycles. The van der Waals surface area contributed by atoms with Gasteiger partial charge in [0.15, 0.2) is 8.68 Å². The number of hydrogen-bond acceptors (Lipinski definition) is 5. The van der Waals surface area contributed by atoms with E-state index < -0.39 is 10.0 Å². The first-order valence-electron chi connectivity index (χ1n) is 5.11. The van der Waals surface area contributed by atoms with Crippen molar-refractivity contribution in [3.8, 4) is 0 Å². The van der Waals surface area contributed by atoms with Gasteiger partial charge in [0.1, 0.15) is 0 Å². The van der Waals surface area contributed by atoms with Gasteiger partial charge in [0.25, 0.3) is 10.0 Å². The summed E-state index contributed by atoms with van der Waals surface area (Å²) in [5.74, 6) is 0. The molecule has 2 heterocycles. The van der Waals surface area contributed by atoms with Gasteiger partial charge in [-0.2, -0.15) is 4.31 Å². The highest BCUT2D eigenvalue weighted by Gasteiger charge is 2.35. The van der Waals surface area contributed by atoms with Crippen molar-refractivity contribution in [3.05, 3.63) is 10.2 Å². The molecule has 8 heteroatoms. The second kappa shape index (κ2) is 4.81.